The van der Waals surface area contributed by atoms with E-state index in [2.05, 4.69) is 21.2 Å². The fourth-order valence-corrected chi connectivity index (χ4v) is 2.23. The van der Waals surface area contributed by atoms with Gasteiger partial charge in [-0.3, -0.25) is 15.0 Å². The van der Waals surface area contributed by atoms with Gasteiger partial charge in [0.2, 0.25) is 12.3 Å². The summed E-state index contributed by atoms with van der Waals surface area (Å²) in [6.07, 6.45) is 5.35. The zero-order valence-corrected chi connectivity index (χ0v) is 13.1. The highest BCUT2D eigenvalue weighted by atomic mass is 79.9. The molecular formula is C13H21BrN4O2. The molecule has 112 valence electrons. The fourth-order valence-electron chi connectivity index (χ4n) is 1.87. The van der Waals surface area contributed by atoms with Gasteiger partial charge in [0, 0.05) is 30.7 Å². The second kappa shape index (κ2) is 8.04. The highest BCUT2D eigenvalue weighted by Crippen LogP contribution is 2.29. The Bertz CT molecular complexity index is 403. The molecule has 1 saturated carbocycles. The van der Waals surface area contributed by atoms with Crippen molar-refractivity contribution in [3.05, 3.63) is 11.8 Å². The van der Waals surface area contributed by atoms with Crippen LogP contribution in [0.3, 0.4) is 0 Å². The number of carbonyl (C=O) groups excluding carboxylic acids is 2. The molecule has 0 aromatic rings. The fraction of sp³-hybridized carbons (Fsp3) is 0.615. The number of hydrogen-bond donors (Lipinski definition) is 3. The van der Waals surface area contributed by atoms with Crippen molar-refractivity contribution in [2.75, 3.05) is 13.1 Å². The number of carbonyl (C=O) groups is 2. The number of likely N-dealkylation sites (tertiary alicyclic amines) is 1. The number of hydrogen-bond acceptors (Lipinski definition) is 4. The van der Waals surface area contributed by atoms with Gasteiger partial charge in [-0.15, -0.1) is 0 Å². The minimum atomic E-state index is 0.178. The molecule has 1 unspecified atom stereocenters. The Hall–Kier alpha value is -1.37. The van der Waals surface area contributed by atoms with Crippen LogP contribution in [0.25, 0.3) is 0 Å². The molecule has 7 heteroatoms. The molecule has 0 radical (unpaired) electrons. The summed E-state index contributed by atoms with van der Waals surface area (Å²) in [7, 11) is 0. The molecule has 2 amide bonds. The summed E-state index contributed by atoms with van der Waals surface area (Å²) in [5, 5.41) is 9.75. The maximum absolute atomic E-state index is 11.3. The summed E-state index contributed by atoms with van der Waals surface area (Å²) in [5.74, 6) is 0.447. The molecule has 0 bridgehead atoms. The molecule has 20 heavy (non-hydrogen) atoms. The number of halogens is 1. The van der Waals surface area contributed by atoms with Gasteiger partial charge in [-0.05, 0) is 48.2 Å². The van der Waals surface area contributed by atoms with Crippen molar-refractivity contribution in [3.8, 4) is 0 Å². The van der Waals surface area contributed by atoms with Gasteiger partial charge in [-0.25, -0.2) is 0 Å². The summed E-state index contributed by atoms with van der Waals surface area (Å²) in [5.41, 5.74) is 5.82. The van der Waals surface area contributed by atoms with E-state index in [9.17, 15) is 9.59 Å². The molecule has 1 heterocycles. The lowest BCUT2D eigenvalue weighted by atomic mass is 10.2. The molecule has 0 aromatic heterocycles. The normalized spacial score (nSPS) is 21.8. The maximum Gasteiger partial charge on any atom is 0.223 e. The first-order valence-corrected chi connectivity index (χ1v) is 7.39. The minimum Gasteiger partial charge on any atom is -0.402 e. The van der Waals surface area contributed by atoms with Crippen LogP contribution >= 0.6 is 15.9 Å². The highest BCUT2D eigenvalue weighted by Gasteiger charge is 2.32. The SMILES string of the molecule is C/C(N)=C/C(=N)Br.O=CN1CCC(NC(=O)C2CC2)C1. The number of rotatable bonds is 4. The van der Waals surface area contributed by atoms with Crippen molar-refractivity contribution in [1.82, 2.24) is 10.2 Å². The third kappa shape index (κ3) is 6.70. The second-order valence-electron chi connectivity index (χ2n) is 5.11. The average Bonchev–Trinajstić information content (AvgIpc) is 3.10. The lowest BCUT2D eigenvalue weighted by Crippen LogP contribution is -2.37. The zero-order chi connectivity index (χ0) is 15.1. The van der Waals surface area contributed by atoms with Crippen molar-refractivity contribution in [2.45, 2.75) is 32.2 Å². The standard InChI is InChI=1S/C9H14N2O2.C4H7BrN2/c12-6-11-4-3-8(5-11)10-9(13)7-1-2-7;1-3(6)2-4(5)7/h6-8H,1-5H2,(H,10,13);2,7H,6H2,1H3/b;3-2-,7-4?. The number of amides is 2. The molecule has 0 spiro atoms. The van der Waals surface area contributed by atoms with Gasteiger partial charge >= 0.3 is 0 Å². The Morgan fingerprint density at radius 3 is 2.45 bits per heavy atom. The van der Waals surface area contributed by atoms with E-state index in [1.165, 1.54) is 6.08 Å². The molecule has 2 fully saturated rings. The van der Waals surface area contributed by atoms with Crippen LogP contribution < -0.4 is 11.1 Å². The maximum atomic E-state index is 11.3. The molecular weight excluding hydrogens is 324 g/mol. The summed E-state index contributed by atoms with van der Waals surface area (Å²) >= 11 is 2.90. The van der Waals surface area contributed by atoms with Crippen LogP contribution in [0.15, 0.2) is 11.8 Å². The van der Waals surface area contributed by atoms with Gasteiger partial charge < -0.3 is 16.0 Å². The number of nitrogens with zero attached hydrogens (tertiary/aromatic N) is 1. The third-order valence-corrected chi connectivity index (χ3v) is 3.25. The lowest BCUT2D eigenvalue weighted by molar-refractivity contribution is -0.123. The Balaban J connectivity index is 0.000000246. The molecule has 1 atom stereocenters. The quantitative estimate of drug-likeness (QED) is 0.523. The van der Waals surface area contributed by atoms with Crippen LogP contribution in [0.2, 0.25) is 0 Å². The van der Waals surface area contributed by atoms with Gasteiger partial charge in [-0.1, -0.05) is 0 Å². The first-order chi connectivity index (χ1) is 9.42. The Morgan fingerprint density at radius 1 is 1.45 bits per heavy atom. The lowest BCUT2D eigenvalue weighted by Gasteiger charge is -2.12. The molecule has 0 aromatic carbocycles. The summed E-state index contributed by atoms with van der Waals surface area (Å²) in [6.45, 7) is 3.19. The number of nitrogens with one attached hydrogen (secondary N) is 2. The van der Waals surface area contributed by atoms with E-state index in [1.54, 1.807) is 11.8 Å². The third-order valence-electron chi connectivity index (χ3n) is 3.02. The van der Waals surface area contributed by atoms with Gasteiger partial charge in [-0.2, -0.15) is 0 Å². The van der Waals surface area contributed by atoms with E-state index >= 15 is 0 Å². The molecule has 6 nitrogen and oxygen atoms in total. The molecule has 1 saturated heterocycles. The minimum absolute atomic E-state index is 0.178. The predicted molar refractivity (Wildman–Crippen MR) is 81.5 cm³/mol. The van der Waals surface area contributed by atoms with Crippen molar-refractivity contribution >= 4 is 32.9 Å². The van der Waals surface area contributed by atoms with Crippen molar-refractivity contribution < 1.29 is 9.59 Å². The predicted octanol–water partition coefficient (Wildman–Crippen LogP) is 0.964. The van der Waals surface area contributed by atoms with E-state index in [4.69, 9.17) is 11.1 Å². The largest absolute Gasteiger partial charge is 0.402 e. The number of nitrogens with two attached hydrogens (primary N) is 1. The highest BCUT2D eigenvalue weighted by molar-refractivity contribution is 9.18. The molecule has 2 aliphatic rings. The van der Waals surface area contributed by atoms with E-state index in [0.717, 1.165) is 32.2 Å². The van der Waals surface area contributed by atoms with Crippen LogP contribution in [-0.2, 0) is 9.59 Å². The topological polar surface area (TPSA) is 99.3 Å². The van der Waals surface area contributed by atoms with E-state index in [0.29, 0.717) is 16.9 Å². The molecule has 4 N–H and O–H groups in total. The smallest absolute Gasteiger partial charge is 0.223 e. The van der Waals surface area contributed by atoms with Crippen LogP contribution in [0.5, 0.6) is 0 Å². The monoisotopic (exact) mass is 344 g/mol. The Morgan fingerprint density at radius 2 is 2.10 bits per heavy atom. The summed E-state index contributed by atoms with van der Waals surface area (Å²) in [6, 6.07) is 0.193. The van der Waals surface area contributed by atoms with Crippen LogP contribution in [0.4, 0.5) is 0 Å². The van der Waals surface area contributed by atoms with Crippen molar-refractivity contribution in [2.24, 2.45) is 11.7 Å². The second-order valence-corrected chi connectivity index (χ2v) is 5.96. The van der Waals surface area contributed by atoms with Gasteiger partial charge in [0.25, 0.3) is 0 Å². The van der Waals surface area contributed by atoms with Gasteiger partial charge in [0.1, 0.15) is 0 Å². The Kier molecular flexibility index (Phi) is 6.70. The summed E-state index contributed by atoms with van der Waals surface area (Å²) < 4.78 is 0.313. The van der Waals surface area contributed by atoms with E-state index < -0.39 is 0 Å². The molecule has 1 aliphatic heterocycles. The van der Waals surface area contributed by atoms with Gasteiger partial charge in [0.05, 0.1) is 4.62 Å². The van der Waals surface area contributed by atoms with Gasteiger partial charge in [0.15, 0.2) is 0 Å². The Labute approximate surface area is 127 Å². The van der Waals surface area contributed by atoms with Crippen LogP contribution in [-0.4, -0.2) is 41.0 Å². The van der Waals surface area contributed by atoms with Crippen molar-refractivity contribution in [3.63, 3.8) is 0 Å². The van der Waals surface area contributed by atoms with Crippen molar-refractivity contribution in [1.29, 1.82) is 5.41 Å². The van der Waals surface area contributed by atoms with Crippen LogP contribution in [0, 0.1) is 11.3 Å². The van der Waals surface area contributed by atoms with E-state index in [-0.39, 0.29) is 17.9 Å². The van der Waals surface area contributed by atoms with Crippen LogP contribution in [0.1, 0.15) is 26.2 Å². The first-order valence-electron chi connectivity index (χ1n) is 6.60. The molecule has 1 aliphatic carbocycles. The van der Waals surface area contributed by atoms with E-state index in [1.807, 2.05) is 0 Å². The first kappa shape index (κ1) is 16.7. The number of allylic oxidation sites excluding steroid dienone is 2. The summed E-state index contributed by atoms with van der Waals surface area (Å²) in [4.78, 5) is 23.4. The zero-order valence-electron chi connectivity index (χ0n) is 11.6. The average molecular weight is 345 g/mol. The molecule has 2 rings (SSSR count).